The number of aliphatic hydroxyl groups is 1. The summed E-state index contributed by atoms with van der Waals surface area (Å²) in [5.41, 5.74) is 4.18. The Morgan fingerprint density at radius 1 is 0.706 bits per heavy atom. The van der Waals surface area contributed by atoms with E-state index in [9.17, 15) is 5.11 Å². The second-order valence-electron chi connectivity index (χ2n) is 8.65. The Kier molecular flexibility index (Phi) is 7.65. The molecule has 3 aromatic carbocycles. The minimum Gasteiger partial charge on any atom is -0.374 e. The lowest BCUT2D eigenvalue weighted by Crippen LogP contribution is -2.61. The molecule has 2 bridgehead atoms. The zero-order valence-electron chi connectivity index (χ0n) is 19.0. The van der Waals surface area contributed by atoms with Crippen molar-refractivity contribution in [1.29, 1.82) is 0 Å². The monoisotopic (exact) mass is 462 g/mol. The van der Waals surface area contributed by atoms with Gasteiger partial charge in [0.1, 0.15) is 24.4 Å². The Morgan fingerprint density at radius 2 is 1.26 bits per heavy atom. The molecule has 1 N–H and O–H groups in total. The summed E-state index contributed by atoms with van der Waals surface area (Å²) in [6.45, 7) is 1.80. The third kappa shape index (κ3) is 5.55. The summed E-state index contributed by atoms with van der Waals surface area (Å²) in [4.78, 5) is 0. The average Bonchev–Trinajstić information content (AvgIpc) is 2.88. The number of benzene rings is 3. The Morgan fingerprint density at radius 3 is 1.91 bits per heavy atom. The van der Waals surface area contributed by atoms with Crippen LogP contribution >= 0.6 is 0 Å². The summed E-state index contributed by atoms with van der Waals surface area (Å²) in [7, 11) is 0. The van der Waals surface area contributed by atoms with Gasteiger partial charge in [-0.25, -0.2) is 0 Å². The predicted molar refractivity (Wildman–Crippen MR) is 126 cm³/mol. The van der Waals surface area contributed by atoms with E-state index in [1.165, 1.54) is 0 Å². The van der Waals surface area contributed by atoms with Gasteiger partial charge < -0.3 is 28.8 Å². The van der Waals surface area contributed by atoms with E-state index in [-0.39, 0.29) is 6.61 Å². The summed E-state index contributed by atoms with van der Waals surface area (Å²) in [5, 5.41) is 10.9. The molecule has 5 rings (SSSR count). The molecule has 0 saturated carbocycles. The fraction of sp³-hybridized carbons (Fsp3) is 0.357. The number of hydrogen-bond donors (Lipinski definition) is 1. The lowest BCUT2D eigenvalue weighted by Gasteiger charge is -2.44. The minimum absolute atomic E-state index is 0.274. The van der Waals surface area contributed by atoms with E-state index >= 15 is 0 Å². The maximum Gasteiger partial charge on any atom is 0.184 e. The van der Waals surface area contributed by atoms with E-state index in [4.69, 9.17) is 23.7 Å². The van der Waals surface area contributed by atoms with Crippen molar-refractivity contribution in [1.82, 2.24) is 0 Å². The molecule has 5 atom stereocenters. The van der Waals surface area contributed by atoms with E-state index < -0.39 is 30.7 Å². The van der Waals surface area contributed by atoms with Crippen LogP contribution < -0.4 is 0 Å². The van der Waals surface area contributed by atoms with Crippen LogP contribution in [0.2, 0.25) is 0 Å². The van der Waals surface area contributed by atoms with Gasteiger partial charge >= 0.3 is 0 Å². The molecule has 0 radical (unpaired) electrons. The standard InChI is InChI=1S/C28H30O6/c29-28-27(32-16-21-11-5-2-6-12-21)26-25(31-15-20-9-3-1-4-10-20)24(34-28)19-30-17-22-13-7-8-14-23(22)18-33-26/h1-14,24-29H,15-19H2/t24?,25-,26+,27?,28+/m0/s1. The lowest BCUT2D eigenvalue weighted by atomic mass is 9.97. The highest BCUT2D eigenvalue weighted by atomic mass is 16.7. The molecule has 1 saturated heterocycles. The van der Waals surface area contributed by atoms with Gasteiger partial charge in [0.25, 0.3) is 0 Å². The molecule has 0 aliphatic carbocycles. The first-order valence-corrected chi connectivity index (χ1v) is 11.7. The molecule has 3 aromatic rings. The Bertz CT molecular complexity index is 1030. The topological polar surface area (TPSA) is 66.4 Å². The summed E-state index contributed by atoms with van der Waals surface area (Å²) in [6.07, 6.45) is -3.39. The highest BCUT2D eigenvalue weighted by Gasteiger charge is 2.48. The molecule has 2 heterocycles. The fourth-order valence-electron chi connectivity index (χ4n) is 4.44. The second-order valence-corrected chi connectivity index (χ2v) is 8.65. The Balaban J connectivity index is 1.40. The van der Waals surface area contributed by atoms with Gasteiger partial charge in [0.2, 0.25) is 0 Å². The lowest BCUT2D eigenvalue weighted by molar-refractivity contribution is -0.318. The molecule has 6 heteroatoms. The molecule has 0 spiro atoms. The highest BCUT2D eigenvalue weighted by Crippen LogP contribution is 2.31. The minimum atomic E-state index is -1.16. The first kappa shape index (κ1) is 23.2. The molecule has 34 heavy (non-hydrogen) atoms. The molecule has 6 nitrogen and oxygen atoms in total. The molecule has 0 amide bonds. The Hall–Kier alpha value is -2.58. The predicted octanol–water partition coefficient (Wildman–Crippen LogP) is 3.99. The third-order valence-corrected chi connectivity index (χ3v) is 6.27. The number of hydrogen-bond acceptors (Lipinski definition) is 6. The summed E-state index contributed by atoms with van der Waals surface area (Å²) >= 11 is 0. The maximum atomic E-state index is 10.9. The average molecular weight is 463 g/mol. The van der Waals surface area contributed by atoms with Crippen molar-refractivity contribution in [3.63, 3.8) is 0 Å². The van der Waals surface area contributed by atoms with Gasteiger partial charge in [0.15, 0.2) is 6.29 Å². The van der Waals surface area contributed by atoms with E-state index in [1.54, 1.807) is 0 Å². The molecule has 0 aromatic heterocycles. The Labute approximate surface area is 200 Å². The molecular formula is C28H30O6. The van der Waals surface area contributed by atoms with Crippen LogP contribution in [0, 0.1) is 0 Å². The summed E-state index contributed by atoms with van der Waals surface area (Å²) in [5.74, 6) is 0. The van der Waals surface area contributed by atoms with Crippen molar-refractivity contribution in [2.45, 2.75) is 57.1 Å². The van der Waals surface area contributed by atoms with Gasteiger partial charge in [-0.1, -0.05) is 84.9 Å². The van der Waals surface area contributed by atoms with Crippen LogP contribution in [0.1, 0.15) is 22.3 Å². The number of ether oxygens (including phenoxy) is 5. The van der Waals surface area contributed by atoms with Crippen LogP contribution in [0.15, 0.2) is 84.9 Å². The smallest absolute Gasteiger partial charge is 0.184 e. The summed E-state index contributed by atoms with van der Waals surface area (Å²) in [6, 6.07) is 27.9. The molecule has 2 aliphatic rings. The van der Waals surface area contributed by atoms with E-state index in [0.29, 0.717) is 26.4 Å². The van der Waals surface area contributed by atoms with Crippen molar-refractivity contribution in [2.24, 2.45) is 0 Å². The van der Waals surface area contributed by atoms with Gasteiger partial charge in [0, 0.05) is 0 Å². The zero-order chi connectivity index (χ0) is 23.2. The van der Waals surface area contributed by atoms with Crippen LogP contribution in [-0.4, -0.2) is 42.4 Å². The largest absolute Gasteiger partial charge is 0.374 e. The fourth-order valence-corrected chi connectivity index (χ4v) is 4.44. The van der Waals surface area contributed by atoms with Gasteiger partial charge in [-0.05, 0) is 22.3 Å². The molecular weight excluding hydrogens is 432 g/mol. The van der Waals surface area contributed by atoms with Crippen molar-refractivity contribution < 1.29 is 28.8 Å². The number of rotatable bonds is 6. The number of fused-ring (bicyclic) bond motifs is 3. The quantitative estimate of drug-likeness (QED) is 0.598. The van der Waals surface area contributed by atoms with Crippen molar-refractivity contribution >= 4 is 0 Å². The maximum absolute atomic E-state index is 10.9. The molecule has 1 fully saturated rings. The molecule has 2 unspecified atom stereocenters. The van der Waals surface area contributed by atoms with E-state index in [2.05, 4.69) is 0 Å². The van der Waals surface area contributed by atoms with Crippen LogP contribution in [-0.2, 0) is 50.1 Å². The first-order chi connectivity index (χ1) is 16.8. The third-order valence-electron chi connectivity index (χ3n) is 6.27. The first-order valence-electron chi connectivity index (χ1n) is 11.7. The van der Waals surface area contributed by atoms with Crippen LogP contribution in [0.5, 0.6) is 0 Å². The van der Waals surface area contributed by atoms with Crippen LogP contribution in [0.25, 0.3) is 0 Å². The zero-order valence-corrected chi connectivity index (χ0v) is 19.0. The normalized spacial score (nSPS) is 27.0. The van der Waals surface area contributed by atoms with Gasteiger partial charge in [-0.3, -0.25) is 0 Å². The molecule has 178 valence electrons. The van der Waals surface area contributed by atoms with Crippen LogP contribution in [0.4, 0.5) is 0 Å². The van der Waals surface area contributed by atoms with Crippen molar-refractivity contribution in [3.05, 3.63) is 107 Å². The molecule has 2 aliphatic heterocycles. The van der Waals surface area contributed by atoms with Crippen LogP contribution in [0.3, 0.4) is 0 Å². The van der Waals surface area contributed by atoms with Gasteiger partial charge in [-0.2, -0.15) is 0 Å². The van der Waals surface area contributed by atoms with Gasteiger partial charge in [-0.15, -0.1) is 0 Å². The number of aliphatic hydroxyl groups excluding tert-OH is 1. The van der Waals surface area contributed by atoms with E-state index in [0.717, 1.165) is 22.3 Å². The van der Waals surface area contributed by atoms with Crippen molar-refractivity contribution in [3.8, 4) is 0 Å². The second kappa shape index (κ2) is 11.2. The SMILES string of the molecule is O[C@@H]1OC2COCc3ccccc3CO[C@@H](C1OCc1ccccc1)[C@H]2OCc1ccccc1. The van der Waals surface area contributed by atoms with Gasteiger partial charge in [0.05, 0.1) is 33.0 Å². The highest BCUT2D eigenvalue weighted by molar-refractivity contribution is 5.26. The summed E-state index contributed by atoms with van der Waals surface area (Å²) < 4.78 is 31.0. The van der Waals surface area contributed by atoms with E-state index in [1.807, 2.05) is 84.9 Å². The van der Waals surface area contributed by atoms with Crippen molar-refractivity contribution in [2.75, 3.05) is 6.61 Å².